The van der Waals surface area contributed by atoms with Crippen LogP contribution in [0.5, 0.6) is 5.75 Å². The van der Waals surface area contributed by atoms with Gasteiger partial charge in [-0.2, -0.15) is 5.10 Å². The van der Waals surface area contributed by atoms with Crippen LogP contribution in [0.1, 0.15) is 18.3 Å². The molecule has 0 spiro atoms. The molecule has 3 nitrogen and oxygen atoms in total. The first kappa shape index (κ1) is 14.5. The van der Waals surface area contributed by atoms with Crippen LogP contribution in [-0.2, 0) is 19.2 Å². The van der Waals surface area contributed by atoms with Gasteiger partial charge < -0.3 is 4.74 Å². The molecule has 1 aromatic heterocycles. The van der Waals surface area contributed by atoms with Gasteiger partial charge in [-0.25, -0.2) is 0 Å². The van der Waals surface area contributed by atoms with Gasteiger partial charge in [0.15, 0.2) is 0 Å². The van der Waals surface area contributed by atoms with Crippen molar-refractivity contribution >= 4 is 27.7 Å². The quantitative estimate of drug-likeness (QED) is 0.768. The first-order valence-corrected chi connectivity index (χ1v) is 7.91. The third-order valence-corrected chi connectivity index (χ3v) is 4.92. The lowest BCUT2D eigenvalue weighted by Crippen LogP contribution is -1.97. The molecule has 0 amide bonds. The van der Waals surface area contributed by atoms with Crippen molar-refractivity contribution in [3.63, 3.8) is 0 Å². The van der Waals surface area contributed by atoms with Crippen LogP contribution in [0.4, 0.5) is 0 Å². The molecular weight excluding hydrogens is 324 g/mol. The van der Waals surface area contributed by atoms with Gasteiger partial charge in [0.25, 0.3) is 0 Å². The van der Waals surface area contributed by atoms with Gasteiger partial charge in [0.05, 0.1) is 23.0 Å². The zero-order valence-corrected chi connectivity index (χ0v) is 13.7. The SMILES string of the molecule is CCc1nn(C)c(CSc2ccccc2OC)c1Br. The maximum absolute atomic E-state index is 5.37. The van der Waals surface area contributed by atoms with E-state index in [0.29, 0.717) is 0 Å². The number of rotatable bonds is 5. The number of ether oxygens (including phenoxy) is 1. The van der Waals surface area contributed by atoms with E-state index in [1.165, 1.54) is 5.69 Å². The van der Waals surface area contributed by atoms with E-state index in [1.807, 2.05) is 29.9 Å². The molecule has 2 aromatic rings. The lowest BCUT2D eigenvalue weighted by atomic mass is 10.3. The molecule has 2 rings (SSSR count). The maximum atomic E-state index is 5.37. The van der Waals surface area contributed by atoms with Gasteiger partial charge in [-0.15, -0.1) is 11.8 Å². The first-order chi connectivity index (χ1) is 9.17. The number of para-hydroxylation sites is 1. The summed E-state index contributed by atoms with van der Waals surface area (Å²) in [6.07, 6.45) is 0.938. The van der Waals surface area contributed by atoms with E-state index in [4.69, 9.17) is 4.74 Å². The minimum absolute atomic E-state index is 0.866. The van der Waals surface area contributed by atoms with E-state index in [-0.39, 0.29) is 0 Å². The Balaban J connectivity index is 2.17. The molecule has 1 heterocycles. The summed E-state index contributed by atoms with van der Waals surface area (Å²) in [7, 11) is 3.69. The molecule has 0 bridgehead atoms. The molecule has 0 N–H and O–H groups in total. The Morgan fingerprint density at radius 1 is 1.37 bits per heavy atom. The van der Waals surface area contributed by atoms with E-state index in [9.17, 15) is 0 Å². The summed E-state index contributed by atoms with van der Waals surface area (Å²) < 4.78 is 8.44. The van der Waals surface area contributed by atoms with Crippen LogP contribution in [0.3, 0.4) is 0 Å². The number of nitrogens with zero attached hydrogens (tertiary/aromatic N) is 2. The van der Waals surface area contributed by atoms with Crippen LogP contribution in [0, 0.1) is 0 Å². The Labute approximate surface area is 126 Å². The minimum atomic E-state index is 0.866. The monoisotopic (exact) mass is 340 g/mol. The average Bonchev–Trinajstić information content (AvgIpc) is 2.71. The maximum Gasteiger partial charge on any atom is 0.132 e. The van der Waals surface area contributed by atoms with E-state index >= 15 is 0 Å². The van der Waals surface area contributed by atoms with E-state index < -0.39 is 0 Å². The number of hydrogen-bond acceptors (Lipinski definition) is 3. The zero-order valence-electron chi connectivity index (χ0n) is 11.3. The Kier molecular flexibility index (Phi) is 4.93. The molecule has 1 aromatic carbocycles. The van der Waals surface area contributed by atoms with Crippen molar-refractivity contribution in [3.8, 4) is 5.75 Å². The van der Waals surface area contributed by atoms with Gasteiger partial charge >= 0.3 is 0 Å². The van der Waals surface area contributed by atoms with Crippen molar-refractivity contribution in [3.05, 3.63) is 40.1 Å². The van der Waals surface area contributed by atoms with Gasteiger partial charge in [-0.3, -0.25) is 4.68 Å². The summed E-state index contributed by atoms with van der Waals surface area (Å²) in [5.41, 5.74) is 2.31. The van der Waals surface area contributed by atoms with Crippen molar-refractivity contribution in [1.29, 1.82) is 0 Å². The van der Waals surface area contributed by atoms with Crippen LogP contribution < -0.4 is 4.74 Å². The molecule has 0 radical (unpaired) electrons. The summed E-state index contributed by atoms with van der Waals surface area (Å²) in [6.45, 7) is 2.12. The van der Waals surface area contributed by atoms with Gasteiger partial charge in [-0.05, 0) is 34.5 Å². The van der Waals surface area contributed by atoms with E-state index in [2.05, 4.69) is 34.0 Å². The lowest BCUT2D eigenvalue weighted by Gasteiger charge is -2.08. The molecule has 0 aliphatic carbocycles. The third kappa shape index (κ3) is 3.15. The summed E-state index contributed by atoms with van der Waals surface area (Å²) in [6, 6.07) is 8.07. The number of aryl methyl sites for hydroxylation is 2. The second-order valence-electron chi connectivity index (χ2n) is 4.12. The third-order valence-electron chi connectivity index (χ3n) is 2.94. The van der Waals surface area contributed by atoms with Crippen LogP contribution in [0.15, 0.2) is 33.6 Å². The first-order valence-electron chi connectivity index (χ1n) is 6.13. The summed E-state index contributed by atoms with van der Waals surface area (Å²) in [4.78, 5) is 1.15. The number of halogens is 1. The second kappa shape index (κ2) is 6.48. The molecule has 0 unspecified atom stereocenters. The van der Waals surface area contributed by atoms with Crippen LogP contribution >= 0.6 is 27.7 Å². The highest BCUT2D eigenvalue weighted by Crippen LogP contribution is 2.33. The predicted octanol–water partition coefficient (Wildman–Crippen LogP) is 4.05. The van der Waals surface area contributed by atoms with Crippen molar-refractivity contribution in [1.82, 2.24) is 9.78 Å². The summed E-state index contributed by atoms with van der Waals surface area (Å²) in [5, 5.41) is 4.51. The smallest absolute Gasteiger partial charge is 0.132 e. The highest BCUT2D eigenvalue weighted by atomic mass is 79.9. The Morgan fingerprint density at radius 2 is 2.11 bits per heavy atom. The lowest BCUT2D eigenvalue weighted by molar-refractivity contribution is 0.405. The number of hydrogen-bond donors (Lipinski definition) is 0. The summed E-state index contributed by atoms with van der Waals surface area (Å²) >= 11 is 5.40. The van der Waals surface area contributed by atoms with Crippen molar-refractivity contribution in [2.45, 2.75) is 24.0 Å². The molecule has 0 aliphatic heterocycles. The largest absolute Gasteiger partial charge is 0.496 e. The highest BCUT2D eigenvalue weighted by Gasteiger charge is 2.13. The molecule has 0 atom stereocenters. The van der Waals surface area contributed by atoms with Crippen LogP contribution in [0.25, 0.3) is 0 Å². The highest BCUT2D eigenvalue weighted by molar-refractivity contribution is 9.10. The Bertz CT molecular complexity index is 569. The topological polar surface area (TPSA) is 27.1 Å². The second-order valence-corrected chi connectivity index (χ2v) is 5.93. The predicted molar refractivity (Wildman–Crippen MR) is 82.8 cm³/mol. The van der Waals surface area contributed by atoms with E-state index in [0.717, 1.165) is 33.0 Å². The van der Waals surface area contributed by atoms with Gasteiger partial charge in [-0.1, -0.05) is 19.1 Å². The number of benzene rings is 1. The Morgan fingerprint density at radius 3 is 2.74 bits per heavy atom. The molecule has 19 heavy (non-hydrogen) atoms. The zero-order chi connectivity index (χ0) is 13.8. The average molecular weight is 341 g/mol. The number of methoxy groups -OCH3 is 1. The number of thioether (sulfide) groups is 1. The standard InChI is InChI=1S/C14H17BrN2OS/c1-4-10-14(15)11(17(2)16-10)9-19-13-8-6-5-7-12(13)18-3/h5-8H,4,9H2,1-3H3. The van der Waals surface area contributed by atoms with Crippen molar-refractivity contribution < 1.29 is 4.74 Å². The molecule has 0 fully saturated rings. The van der Waals surface area contributed by atoms with Crippen LogP contribution in [0.2, 0.25) is 0 Å². The van der Waals surface area contributed by atoms with Gasteiger partial charge in [0.2, 0.25) is 0 Å². The fourth-order valence-electron chi connectivity index (χ4n) is 1.86. The Hall–Kier alpha value is -0.940. The molecular formula is C14H17BrN2OS. The molecule has 0 saturated carbocycles. The normalized spacial score (nSPS) is 10.7. The van der Waals surface area contributed by atoms with E-state index in [1.54, 1.807) is 18.9 Å². The fourth-order valence-corrected chi connectivity index (χ4v) is 3.89. The molecule has 0 saturated heterocycles. The van der Waals surface area contributed by atoms with Crippen LogP contribution in [-0.4, -0.2) is 16.9 Å². The van der Waals surface area contributed by atoms with Gasteiger partial charge in [0.1, 0.15) is 5.75 Å². The number of aromatic nitrogens is 2. The molecule has 0 aliphatic rings. The fraction of sp³-hybridized carbons (Fsp3) is 0.357. The minimum Gasteiger partial charge on any atom is -0.496 e. The molecule has 5 heteroatoms. The molecule has 102 valence electrons. The van der Waals surface area contributed by atoms with Crippen molar-refractivity contribution in [2.24, 2.45) is 7.05 Å². The van der Waals surface area contributed by atoms with Gasteiger partial charge in [0, 0.05) is 17.7 Å². The van der Waals surface area contributed by atoms with Crippen molar-refractivity contribution in [2.75, 3.05) is 7.11 Å². The summed E-state index contributed by atoms with van der Waals surface area (Å²) in [5.74, 6) is 1.78.